The third-order valence-corrected chi connectivity index (χ3v) is 3.83. The van der Waals surface area contributed by atoms with Crippen molar-refractivity contribution in [2.75, 3.05) is 0 Å². The van der Waals surface area contributed by atoms with Crippen LogP contribution in [-0.2, 0) is 0 Å². The smallest absolute Gasteiger partial charge is 0.270 e. The highest BCUT2D eigenvalue weighted by atomic mass is 32.9. The summed E-state index contributed by atoms with van der Waals surface area (Å²) in [5.74, 6) is 0. The molecule has 0 fully saturated rings. The molecule has 0 radical (unpaired) electrons. The van der Waals surface area contributed by atoms with E-state index in [-0.39, 0.29) is 10.4 Å². The highest BCUT2D eigenvalue weighted by Gasteiger charge is 2.09. The fraction of sp³-hybridized carbons (Fsp3) is 0. The molecule has 0 saturated heterocycles. The Bertz CT molecular complexity index is 528. The summed E-state index contributed by atoms with van der Waals surface area (Å²) in [6, 6.07) is 4.34. The Labute approximate surface area is 79.6 Å². The Balaban J connectivity index is 2.80. The van der Waals surface area contributed by atoms with Gasteiger partial charge in [0.25, 0.3) is 10.4 Å². The minimum Gasteiger partial charge on any atom is -0.276 e. The molecule has 1 heterocycles. The topological polar surface area (TPSA) is 60.2 Å². The van der Waals surface area contributed by atoms with Crippen molar-refractivity contribution < 1.29 is 4.92 Å². The second kappa shape index (κ2) is 2.90. The predicted octanol–water partition coefficient (Wildman–Crippen LogP) is 2.23. The van der Waals surface area contributed by atoms with Crippen LogP contribution in [0.1, 0.15) is 0 Å². The van der Waals surface area contributed by atoms with Crippen LogP contribution in [0.15, 0.2) is 23.0 Å². The number of nitrogens with zero attached hydrogens (tertiary/aromatic N) is 1. The normalized spacial score (nSPS) is 10.5. The summed E-state index contributed by atoms with van der Waals surface area (Å²) in [6.07, 6.45) is 0. The minimum absolute atomic E-state index is 0.0322. The summed E-state index contributed by atoms with van der Waals surface area (Å²) in [5.41, 5.74) is -0.0322. The molecule has 0 unspecified atom stereocenters. The van der Waals surface area contributed by atoms with Gasteiger partial charge in [-0.1, -0.05) is 10.3 Å². The van der Waals surface area contributed by atoms with Crippen LogP contribution in [0.5, 0.6) is 0 Å². The molecule has 1 aromatic carbocycles. The van der Waals surface area contributed by atoms with Gasteiger partial charge in [0.15, 0.2) is 0 Å². The zero-order valence-corrected chi connectivity index (χ0v) is 7.85. The van der Waals surface area contributed by atoms with Gasteiger partial charge in [-0.25, -0.2) is 0 Å². The van der Waals surface area contributed by atoms with E-state index < -0.39 is 4.92 Å². The summed E-state index contributed by atoms with van der Waals surface area (Å²) in [6.45, 7) is 0. The highest BCUT2D eigenvalue weighted by molar-refractivity contribution is 7.71. The molecule has 0 bridgehead atoms. The fourth-order valence-electron chi connectivity index (χ4n) is 0.991. The number of rotatable bonds is 1. The molecular formula is C7H3NO3S2. The Morgan fingerprint density at radius 2 is 2.08 bits per heavy atom. The lowest BCUT2D eigenvalue weighted by Gasteiger charge is -1.89. The van der Waals surface area contributed by atoms with Crippen molar-refractivity contribution in [2.24, 2.45) is 0 Å². The van der Waals surface area contributed by atoms with E-state index in [0.29, 0.717) is 5.39 Å². The zero-order valence-electron chi connectivity index (χ0n) is 6.22. The zero-order chi connectivity index (χ0) is 9.42. The molecule has 6 heteroatoms. The lowest BCUT2D eigenvalue weighted by Crippen LogP contribution is -1.91. The van der Waals surface area contributed by atoms with Gasteiger partial charge < -0.3 is 0 Å². The van der Waals surface area contributed by atoms with E-state index >= 15 is 0 Å². The van der Waals surface area contributed by atoms with E-state index in [2.05, 4.69) is 0 Å². The van der Waals surface area contributed by atoms with Crippen molar-refractivity contribution in [3.63, 3.8) is 0 Å². The van der Waals surface area contributed by atoms with E-state index in [1.54, 1.807) is 6.07 Å². The minimum atomic E-state index is -0.499. The van der Waals surface area contributed by atoms with Gasteiger partial charge >= 0.3 is 0 Å². The van der Waals surface area contributed by atoms with Crippen LogP contribution in [0.4, 0.5) is 5.69 Å². The number of hydrogen-bond donors (Lipinski definition) is 0. The summed E-state index contributed by atoms with van der Waals surface area (Å²) in [5, 5.41) is 10.8. The average molecular weight is 213 g/mol. The van der Waals surface area contributed by atoms with Gasteiger partial charge in [0.1, 0.15) is 0 Å². The average Bonchev–Trinajstić information content (AvgIpc) is 2.47. The van der Waals surface area contributed by atoms with E-state index in [4.69, 9.17) is 0 Å². The molecule has 0 saturated carbocycles. The summed E-state index contributed by atoms with van der Waals surface area (Å²) < 4.78 is 0.698. The third kappa shape index (κ3) is 1.34. The van der Waals surface area contributed by atoms with Crippen molar-refractivity contribution in [1.29, 1.82) is 0 Å². The van der Waals surface area contributed by atoms with Crippen molar-refractivity contribution in [1.82, 2.24) is 0 Å². The van der Waals surface area contributed by atoms with Gasteiger partial charge in [0.2, 0.25) is 0 Å². The molecule has 2 rings (SSSR count). The molecule has 66 valence electrons. The van der Waals surface area contributed by atoms with E-state index in [9.17, 15) is 14.9 Å². The Hall–Kier alpha value is -1.27. The molecule has 0 N–H and O–H groups in total. The van der Waals surface area contributed by atoms with Crippen LogP contribution in [0.25, 0.3) is 10.1 Å². The second-order valence-electron chi connectivity index (χ2n) is 2.39. The quantitative estimate of drug-likeness (QED) is 0.414. The summed E-state index contributed by atoms with van der Waals surface area (Å²) >= 11 is 0. The van der Waals surface area contributed by atoms with Gasteiger partial charge in [0.05, 0.1) is 15.0 Å². The number of hydrogen-bond acceptors (Lipinski definition) is 5. The first-order chi connectivity index (χ1) is 6.18. The van der Waals surface area contributed by atoms with Crippen LogP contribution in [0.3, 0.4) is 0 Å². The number of non-ortho nitro benzene ring substituents is 1. The first kappa shape index (κ1) is 8.33. The lowest BCUT2D eigenvalue weighted by molar-refractivity contribution is -0.384. The van der Waals surface area contributed by atoms with Crippen LogP contribution >= 0.6 is 20.7 Å². The predicted molar refractivity (Wildman–Crippen MR) is 52.6 cm³/mol. The van der Waals surface area contributed by atoms with Crippen molar-refractivity contribution in [3.8, 4) is 0 Å². The van der Waals surface area contributed by atoms with Gasteiger partial charge in [-0.15, -0.1) is 0 Å². The van der Waals surface area contributed by atoms with Gasteiger partial charge in [-0.2, -0.15) is 0 Å². The van der Waals surface area contributed by atoms with E-state index in [0.717, 1.165) is 15.0 Å². The molecule has 0 atom stereocenters. The first-order valence-electron chi connectivity index (χ1n) is 3.36. The molecule has 2 aromatic rings. The number of nitro benzene ring substituents is 1. The highest BCUT2D eigenvalue weighted by Crippen LogP contribution is 2.24. The number of fused-ring (bicyclic) bond motifs is 1. The molecule has 4 nitrogen and oxygen atoms in total. The molecule has 0 aliphatic carbocycles. The molecule has 1 aromatic heterocycles. The number of benzene rings is 1. The maximum absolute atomic E-state index is 11.2. The Kier molecular flexibility index (Phi) is 1.86. The van der Waals surface area contributed by atoms with Crippen molar-refractivity contribution in [2.45, 2.75) is 0 Å². The first-order valence-corrected chi connectivity index (χ1v) is 5.51. The monoisotopic (exact) mass is 213 g/mol. The van der Waals surface area contributed by atoms with Crippen LogP contribution in [-0.4, -0.2) is 4.92 Å². The van der Waals surface area contributed by atoms with Crippen molar-refractivity contribution in [3.05, 3.63) is 37.9 Å². The molecule has 0 aliphatic heterocycles. The van der Waals surface area contributed by atoms with Crippen LogP contribution in [0, 0.1) is 10.1 Å². The fourth-order valence-corrected chi connectivity index (χ4v) is 3.05. The molecule has 0 spiro atoms. The van der Waals surface area contributed by atoms with E-state index in [1.165, 1.54) is 22.5 Å². The SMILES string of the molecule is O=c1ssc2ccc([N+](=O)[O-])cc12. The van der Waals surface area contributed by atoms with Gasteiger partial charge in [0, 0.05) is 12.1 Å². The van der Waals surface area contributed by atoms with Crippen LogP contribution < -0.4 is 4.74 Å². The lowest BCUT2D eigenvalue weighted by atomic mass is 10.2. The standard InChI is InChI=1S/C7H3NO3S2/c9-7-5-3-4(8(10)11)1-2-6(5)12-13-7/h1-3H. The largest absolute Gasteiger partial charge is 0.276 e. The maximum atomic E-state index is 11.2. The summed E-state index contributed by atoms with van der Waals surface area (Å²) in [4.78, 5) is 21.0. The molecular weight excluding hydrogens is 210 g/mol. The Morgan fingerprint density at radius 1 is 1.31 bits per heavy atom. The molecule has 13 heavy (non-hydrogen) atoms. The van der Waals surface area contributed by atoms with Crippen LogP contribution in [0.2, 0.25) is 0 Å². The summed E-state index contributed by atoms with van der Waals surface area (Å²) in [7, 11) is 2.44. The van der Waals surface area contributed by atoms with E-state index in [1.807, 2.05) is 0 Å². The Morgan fingerprint density at radius 3 is 2.77 bits per heavy atom. The number of nitro groups is 1. The molecule has 0 amide bonds. The second-order valence-corrected chi connectivity index (χ2v) is 4.54. The maximum Gasteiger partial charge on any atom is 0.270 e. The van der Waals surface area contributed by atoms with Gasteiger partial charge in [-0.3, -0.25) is 14.9 Å². The van der Waals surface area contributed by atoms with Gasteiger partial charge in [-0.05, 0) is 16.4 Å². The third-order valence-electron chi connectivity index (χ3n) is 1.60. The molecule has 0 aliphatic rings. The van der Waals surface area contributed by atoms with Crippen molar-refractivity contribution >= 4 is 36.5 Å².